The van der Waals surface area contributed by atoms with E-state index < -0.39 is 0 Å². The summed E-state index contributed by atoms with van der Waals surface area (Å²) in [4.78, 5) is 9.21. The van der Waals surface area contributed by atoms with Crippen molar-refractivity contribution >= 4 is 16.7 Å². The van der Waals surface area contributed by atoms with Crippen LogP contribution >= 0.6 is 0 Å². The largest absolute Gasteiger partial charge is 0.410 e. The Kier molecular flexibility index (Phi) is 1.94. The third kappa shape index (κ3) is 1.31. The Morgan fingerprint density at radius 1 is 0.737 bits per heavy atom. The number of oxime groups is 1. The summed E-state index contributed by atoms with van der Waals surface area (Å²) in [5, 5.41) is 12.6. The van der Waals surface area contributed by atoms with Crippen LogP contribution in [0.15, 0.2) is 53.7 Å². The first-order chi connectivity index (χ1) is 9.38. The van der Waals surface area contributed by atoms with Crippen molar-refractivity contribution in [2.24, 2.45) is 5.16 Å². The number of aromatic nitrogens is 2. The third-order valence-electron chi connectivity index (χ3n) is 3.33. The van der Waals surface area contributed by atoms with Gasteiger partial charge < -0.3 is 5.21 Å². The van der Waals surface area contributed by atoms with E-state index in [2.05, 4.69) is 15.1 Å². The summed E-state index contributed by atoms with van der Waals surface area (Å²) in [7, 11) is 0. The first-order valence-corrected chi connectivity index (χ1v) is 5.97. The lowest BCUT2D eigenvalue weighted by Gasteiger charge is -2.01. The Bertz CT molecular complexity index is 840. The molecule has 90 valence electrons. The molecule has 0 aliphatic heterocycles. The van der Waals surface area contributed by atoms with Crippen LogP contribution in [0.1, 0.15) is 11.3 Å². The fraction of sp³-hybridized carbons (Fsp3) is 0. The first kappa shape index (κ1) is 10.2. The van der Waals surface area contributed by atoms with Gasteiger partial charge in [-0.05, 0) is 12.1 Å². The molecule has 1 N–H and O–H groups in total. The molecular weight excluding hydrogens is 238 g/mol. The zero-order chi connectivity index (χ0) is 12.8. The van der Waals surface area contributed by atoms with Crippen molar-refractivity contribution in [2.75, 3.05) is 0 Å². The maximum Gasteiger partial charge on any atom is 0.138 e. The van der Waals surface area contributed by atoms with Crippen LogP contribution in [0.4, 0.5) is 0 Å². The van der Waals surface area contributed by atoms with Gasteiger partial charge in [0.15, 0.2) is 0 Å². The molecule has 0 amide bonds. The van der Waals surface area contributed by atoms with Crippen molar-refractivity contribution < 1.29 is 5.21 Å². The number of benzene rings is 2. The Balaban J connectivity index is 2.14. The van der Waals surface area contributed by atoms with E-state index in [0.29, 0.717) is 11.4 Å². The first-order valence-electron chi connectivity index (χ1n) is 5.97. The molecule has 4 rings (SSSR count). The quantitative estimate of drug-likeness (QED) is 0.384. The topological polar surface area (TPSA) is 58.4 Å². The Hall–Kier alpha value is -2.75. The fourth-order valence-corrected chi connectivity index (χ4v) is 2.48. The lowest BCUT2D eigenvalue weighted by atomic mass is 10.1. The summed E-state index contributed by atoms with van der Waals surface area (Å²) in [6.45, 7) is 0. The van der Waals surface area contributed by atoms with Crippen molar-refractivity contribution in [2.45, 2.75) is 0 Å². The molecule has 0 saturated heterocycles. The molecule has 3 aromatic rings. The molecule has 1 heterocycles. The predicted molar refractivity (Wildman–Crippen MR) is 72.4 cm³/mol. The second-order valence-corrected chi connectivity index (χ2v) is 4.40. The molecule has 0 bridgehead atoms. The minimum absolute atomic E-state index is 0.490. The summed E-state index contributed by atoms with van der Waals surface area (Å²) in [5.41, 5.74) is 5.39. The SMILES string of the molecule is O/N=C1\c2ccccc2-c2nc3ccccc3nc21. The van der Waals surface area contributed by atoms with E-state index in [0.717, 1.165) is 27.9 Å². The van der Waals surface area contributed by atoms with E-state index in [4.69, 9.17) is 0 Å². The van der Waals surface area contributed by atoms with Crippen LogP contribution < -0.4 is 0 Å². The van der Waals surface area contributed by atoms with E-state index in [1.807, 2.05) is 48.5 Å². The van der Waals surface area contributed by atoms with E-state index in [-0.39, 0.29) is 0 Å². The van der Waals surface area contributed by atoms with Gasteiger partial charge in [-0.2, -0.15) is 0 Å². The molecule has 1 aliphatic carbocycles. The minimum atomic E-state index is 0.490. The fourth-order valence-electron chi connectivity index (χ4n) is 2.48. The highest BCUT2D eigenvalue weighted by molar-refractivity contribution is 6.23. The van der Waals surface area contributed by atoms with Crippen molar-refractivity contribution in [3.8, 4) is 11.3 Å². The molecule has 0 spiro atoms. The van der Waals surface area contributed by atoms with Gasteiger partial charge in [0, 0.05) is 11.1 Å². The van der Waals surface area contributed by atoms with E-state index >= 15 is 0 Å². The lowest BCUT2D eigenvalue weighted by Crippen LogP contribution is -2.01. The highest BCUT2D eigenvalue weighted by Crippen LogP contribution is 2.35. The maximum absolute atomic E-state index is 9.25. The number of nitrogens with zero attached hydrogens (tertiary/aromatic N) is 3. The van der Waals surface area contributed by atoms with E-state index in [1.54, 1.807) is 0 Å². The van der Waals surface area contributed by atoms with Crippen LogP contribution in [-0.4, -0.2) is 20.9 Å². The van der Waals surface area contributed by atoms with Gasteiger partial charge in [0.2, 0.25) is 0 Å². The third-order valence-corrected chi connectivity index (χ3v) is 3.33. The molecule has 1 aliphatic rings. The molecule has 4 nitrogen and oxygen atoms in total. The molecule has 0 unspecified atom stereocenters. The lowest BCUT2D eigenvalue weighted by molar-refractivity contribution is 0.319. The number of fused-ring (bicyclic) bond motifs is 4. The van der Waals surface area contributed by atoms with Gasteiger partial charge in [-0.25, -0.2) is 9.97 Å². The Morgan fingerprint density at radius 2 is 1.32 bits per heavy atom. The standard InChI is InChI=1S/C15H9N3O/c19-18-14-10-6-2-1-5-9(10)13-15(14)17-12-8-4-3-7-11(12)16-13/h1-8,19H/b18-14+. The highest BCUT2D eigenvalue weighted by atomic mass is 16.4. The smallest absolute Gasteiger partial charge is 0.138 e. The van der Waals surface area contributed by atoms with Gasteiger partial charge in [-0.3, -0.25) is 0 Å². The molecular formula is C15H9N3O. The minimum Gasteiger partial charge on any atom is -0.410 e. The number of hydrogen-bond donors (Lipinski definition) is 1. The highest BCUT2D eigenvalue weighted by Gasteiger charge is 2.28. The van der Waals surface area contributed by atoms with Gasteiger partial charge >= 0.3 is 0 Å². The van der Waals surface area contributed by atoms with Gasteiger partial charge in [0.25, 0.3) is 0 Å². The molecule has 0 fully saturated rings. The second kappa shape index (κ2) is 3.62. The van der Waals surface area contributed by atoms with Gasteiger partial charge in [-0.15, -0.1) is 0 Å². The Labute approximate surface area is 109 Å². The zero-order valence-corrected chi connectivity index (χ0v) is 9.91. The van der Waals surface area contributed by atoms with Crippen molar-refractivity contribution in [1.82, 2.24) is 9.97 Å². The molecule has 0 atom stereocenters. The molecule has 0 radical (unpaired) electrons. The predicted octanol–water partition coefficient (Wildman–Crippen LogP) is 2.84. The Morgan fingerprint density at radius 3 is 2.00 bits per heavy atom. The summed E-state index contributed by atoms with van der Waals surface area (Å²) in [6, 6.07) is 15.4. The summed E-state index contributed by atoms with van der Waals surface area (Å²) >= 11 is 0. The van der Waals surface area contributed by atoms with Crippen molar-refractivity contribution in [1.29, 1.82) is 0 Å². The van der Waals surface area contributed by atoms with Crippen molar-refractivity contribution in [3.63, 3.8) is 0 Å². The van der Waals surface area contributed by atoms with E-state index in [9.17, 15) is 5.21 Å². The van der Waals surface area contributed by atoms with E-state index in [1.165, 1.54) is 0 Å². The van der Waals surface area contributed by atoms with Crippen molar-refractivity contribution in [3.05, 3.63) is 59.8 Å². The number of rotatable bonds is 0. The van der Waals surface area contributed by atoms with Crippen LogP contribution in [0.25, 0.3) is 22.3 Å². The molecule has 1 aromatic heterocycles. The van der Waals surface area contributed by atoms with Gasteiger partial charge in [0.05, 0.1) is 16.7 Å². The number of para-hydroxylation sites is 2. The van der Waals surface area contributed by atoms with Crippen LogP contribution in [0.5, 0.6) is 0 Å². The molecule has 19 heavy (non-hydrogen) atoms. The van der Waals surface area contributed by atoms with Crippen LogP contribution in [0, 0.1) is 0 Å². The monoisotopic (exact) mass is 247 g/mol. The average Bonchev–Trinajstić information content (AvgIpc) is 2.78. The van der Waals surface area contributed by atoms with Gasteiger partial charge in [-0.1, -0.05) is 41.6 Å². The van der Waals surface area contributed by atoms with Crippen LogP contribution in [0.3, 0.4) is 0 Å². The molecule has 0 saturated carbocycles. The maximum atomic E-state index is 9.25. The molecule has 2 aromatic carbocycles. The zero-order valence-electron chi connectivity index (χ0n) is 9.91. The normalized spacial score (nSPS) is 14.6. The summed E-state index contributed by atoms with van der Waals surface area (Å²) < 4.78 is 0. The second-order valence-electron chi connectivity index (χ2n) is 4.40. The average molecular weight is 247 g/mol. The number of hydrogen-bond acceptors (Lipinski definition) is 4. The van der Waals surface area contributed by atoms with Crippen LogP contribution in [-0.2, 0) is 0 Å². The van der Waals surface area contributed by atoms with Crippen LogP contribution in [0.2, 0.25) is 0 Å². The summed E-state index contributed by atoms with van der Waals surface area (Å²) in [6.07, 6.45) is 0. The summed E-state index contributed by atoms with van der Waals surface area (Å²) in [5.74, 6) is 0. The molecule has 4 heteroatoms. The van der Waals surface area contributed by atoms with Gasteiger partial charge in [0.1, 0.15) is 11.4 Å².